The molecule has 0 bridgehead atoms. The standard InChI is InChI=1S/C10H11F2N5/c1-5(2)10-14-15-16-17(10)9-7(13)4-3-6(11)8(9)12/h3-5H,13H2,1-2H3. The van der Waals surface area contributed by atoms with E-state index in [1.165, 1.54) is 6.07 Å². The molecule has 2 aromatic rings. The number of nitrogens with zero attached hydrogens (tertiary/aromatic N) is 4. The molecule has 0 aliphatic rings. The van der Waals surface area contributed by atoms with Crippen molar-refractivity contribution in [3.63, 3.8) is 0 Å². The largest absolute Gasteiger partial charge is 0.397 e. The van der Waals surface area contributed by atoms with Crippen LogP contribution in [0.5, 0.6) is 0 Å². The lowest BCUT2D eigenvalue weighted by molar-refractivity contribution is 0.499. The minimum absolute atomic E-state index is 0.0351. The monoisotopic (exact) mass is 239 g/mol. The van der Waals surface area contributed by atoms with Gasteiger partial charge in [-0.1, -0.05) is 13.8 Å². The van der Waals surface area contributed by atoms with Crippen molar-refractivity contribution in [2.75, 3.05) is 5.73 Å². The van der Waals surface area contributed by atoms with Gasteiger partial charge in [-0.05, 0) is 22.6 Å². The van der Waals surface area contributed by atoms with Crippen molar-refractivity contribution in [2.24, 2.45) is 0 Å². The third-order valence-electron chi connectivity index (χ3n) is 2.32. The maximum atomic E-state index is 13.7. The average molecular weight is 239 g/mol. The van der Waals surface area contributed by atoms with Crippen LogP contribution in [0.25, 0.3) is 5.69 Å². The molecular formula is C10H11F2N5. The molecule has 1 aromatic heterocycles. The summed E-state index contributed by atoms with van der Waals surface area (Å²) in [7, 11) is 0. The molecule has 1 aromatic carbocycles. The molecule has 0 unspecified atom stereocenters. The lowest BCUT2D eigenvalue weighted by atomic mass is 10.2. The van der Waals surface area contributed by atoms with Crippen molar-refractivity contribution in [3.05, 3.63) is 29.6 Å². The fourth-order valence-electron chi connectivity index (χ4n) is 1.48. The first-order chi connectivity index (χ1) is 8.02. The molecule has 0 fully saturated rings. The fraction of sp³-hybridized carbons (Fsp3) is 0.300. The summed E-state index contributed by atoms with van der Waals surface area (Å²) in [5.41, 5.74) is 5.56. The normalized spacial score (nSPS) is 11.1. The molecule has 0 aliphatic carbocycles. The van der Waals surface area contributed by atoms with Gasteiger partial charge >= 0.3 is 0 Å². The van der Waals surface area contributed by atoms with E-state index in [0.29, 0.717) is 5.82 Å². The predicted molar refractivity (Wildman–Crippen MR) is 57.6 cm³/mol. The molecule has 1 heterocycles. The highest BCUT2D eigenvalue weighted by atomic mass is 19.2. The summed E-state index contributed by atoms with van der Waals surface area (Å²) in [6.07, 6.45) is 0. The number of hydrogen-bond acceptors (Lipinski definition) is 4. The number of hydrogen-bond donors (Lipinski definition) is 1. The van der Waals surface area contributed by atoms with E-state index in [1.54, 1.807) is 0 Å². The van der Waals surface area contributed by atoms with Crippen LogP contribution in [0.4, 0.5) is 14.5 Å². The van der Waals surface area contributed by atoms with Gasteiger partial charge in [-0.15, -0.1) is 5.10 Å². The van der Waals surface area contributed by atoms with Crippen molar-refractivity contribution < 1.29 is 8.78 Å². The van der Waals surface area contributed by atoms with Gasteiger partial charge in [0.2, 0.25) is 0 Å². The lowest BCUT2D eigenvalue weighted by Gasteiger charge is -2.10. The maximum absolute atomic E-state index is 13.7. The molecule has 0 radical (unpaired) electrons. The Morgan fingerprint density at radius 1 is 1.29 bits per heavy atom. The first-order valence-corrected chi connectivity index (χ1v) is 5.04. The van der Waals surface area contributed by atoms with Gasteiger partial charge in [0, 0.05) is 5.92 Å². The molecule has 0 saturated carbocycles. The number of tetrazole rings is 1. The molecule has 0 aliphatic heterocycles. The van der Waals surface area contributed by atoms with E-state index < -0.39 is 11.6 Å². The Kier molecular flexibility index (Phi) is 2.74. The van der Waals surface area contributed by atoms with Crippen LogP contribution in [0, 0.1) is 11.6 Å². The van der Waals surface area contributed by atoms with Crippen LogP contribution in [0.1, 0.15) is 25.6 Å². The maximum Gasteiger partial charge on any atom is 0.186 e. The molecule has 17 heavy (non-hydrogen) atoms. The molecule has 0 saturated heterocycles. The zero-order valence-electron chi connectivity index (χ0n) is 9.35. The van der Waals surface area contributed by atoms with Crippen LogP contribution >= 0.6 is 0 Å². The number of halogens is 2. The second kappa shape index (κ2) is 4.08. The molecule has 2 N–H and O–H groups in total. The van der Waals surface area contributed by atoms with E-state index in [4.69, 9.17) is 5.73 Å². The van der Waals surface area contributed by atoms with Crippen LogP contribution in [0.3, 0.4) is 0 Å². The van der Waals surface area contributed by atoms with Crippen molar-refractivity contribution in [1.82, 2.24) is 20.2 Å². The van der Waals surface area contributed by atoms with Gasteiger partial charge in [-0.3, -0.25) is 0 Å². The van der Waals surface area contributed by atoms with Gasteiger partial charge in [-0.2, -0.15) is 4.68 Å². The van der Waals surface area contributed by atoms with Crippen molar-refractivity contribution >= 4 is 5.69 Å². The van der Waals surface area contributed by atoms with E-state index in [2.05, 4.69) is 15.5 Å². The summed E-state index contributed by atoms with van der Waals surface area (Å²) in [6, 6.07) is 2.24. The van der Waals surface area contributed by atoms with E-state index in [-0.39, 0.29) is 17.3 Å². The first-order valence-electron chi connectivity index (χ1n) is 5.04. The van der Waals surface area contributed by atoms with Gasteiger partial charge < -0.3 is 5.73 Å². The second-order valence-electron chi connectivity index (χ2n) is 3.90. The molecule has 7 heteroatoms. The molecule has 5 nitrogen and oxygen atoms in total. The Hall–Kier alpha value is -2.05. The molecular weight excluding hydrogens is 228 g/mol. The summed E-state index contributed by atoms with van der Waals surface area (Å²) >= 11 is 0. The van der Waals surface area contributed by atoms with Crippen LogP contribution in [0.15, 0.2) is 12.1 Å². The first kappa shape index (κ1) is 11.4. The molecule has 2 rings (SSSR count). The van der Waals surface area contributed by atoms with Crippen LogP contribution < -0.4 is 5.73 Å². The Balaban J connectivity index is 2.68. The third kappa shape index (κ3) is 1.83. The van der Waals surface area contributed by atoms with E-state index >= 15 is 0 Å². The van der Waals surface area contributed by atoms with Gasteiger partial charge in [0.1, 0.15) is 5.69 Å². The van der Waals surface area contributed by atoms with Gasteiger partial charge in [0.15, 0.2) is 17.5 Å². The number of anilines is 1. The Bertz CT molecular complexity index is 550. The SMILES string of the molecule is CC(C)c1nnnn1-c1c(N)ccc(F)c1F. The quantitative estimate of drug-likeness (QED) is 0.809. The summed E-state index contributed by atoms with van der Waals surface area (Å²) in [4.78, 5) is 0. The molecule has 0 amide bonds. The Morgan fingerprint density at radius 2 is 2.00 bits per heavy atom. The van der Waals surface area contributed by atoms with Gasteiger partial charge in [0.05, 0.1) is 5.69 Å². The predicted octanol–water partition coefficient (Wildman–Crippen LogP) is 1.65. The highest BCUT2D eigenvalue weighted by Gasteiger charge is 2.19. The molecule has 0 spiro atoms. The highest BCUT2D eigenvalue weighted by molar-refractivity contribution is 5.58. The van der Waals surface area contributed by atoms with E-state index in [1.807, 2.05) is 13.8 Å². The van der Waals surface area contributed by atoms with E-state index in [0.717, 1.165) is 10.7 Å². The van der Waals surface area contributed by atoms with Crippen molar-refractivity contribution in [3.8, 4) is 5.69 Å². The second-order valence-corrected chi connectivity index (χ2v) is 3.90. The average Bonchev–Trinajstić information content (AvgIpc) is 2.73. The summed E-state index contributed by atoms with van der Waals surface area (Å²) in [5.74, 6) is -1.66. The highest BCUT2D eigenvalue weighted by Crippen LogP contribution is 2.25. The fourth-order valence-corrected chi connectivity index (χ4v) is 1.48. The van der Waals surface area contributed by atoms with Crippen molar-refractivity contribution in [1.29, 1.82) is 0 Å². The minimum atomic E-state index is -1.06. The zero-order chi connectivity index (χ0) is 12.6. The van der Waals surface area contributed by atoms with Crippen molar-refractivity contribution in [2.45, 2.75) is 19.8 Å². The molecule has 0 atom stereocenters. The number of aromatic nitrogens is 4. The summed E-state index contributed by atoms with van der Waals surface area (Å²) in [5, 5.41) is 10.9. The number of rotatable bonds is 2. The lowest BCUT2D eigenvalue weighted by Crippen LogP contribution is -2.10. The van der Waals surface area contributed by atoms with Crippen LogP contribution in [-0.4, -0.2) is 20.2 Å². The number of nitrogens with two attached hydrogens (primary N) is 1. The molecule has 90 valence electrons. The van der Waals surface area contributed by atoms with Crippen LogP contribution in [-0.2, 0) is 0 Å². The number of benzene rings is 1. The Labute approximate surface area is 96.2 Å². The van der Waals surface area contributed by atoms with E-state index in [9.17, 15) is 8.78 Å². The number of nitrogen functional groups attached to an aromatic ring is 1. The van der Waals surface area contributed by atoms with Gasteiger partial charge in [-0.25, -0.2) is 8.78 Å². The third-order valence-corrected chi connectivity index (χ3v) is 2.32. The van der Waals surface area contributed by atoms with Gasteiger partial charge in [0.25, 0.3) is 0 Å². The minimum Gasteiger partial charge on any atom is -0.397 e. The Morgan fingerprint density at radius 3 is 2.65 bits per heavy atom. The summed E-state index contributed by atoms with van der Waals surface area (Å²) in [6.45, 7) is 3.69. The smallest absolute Gasteiger partial charge is 0.186 e. The van der Waals surface area contributed by atoms with Crippen LogP contribution in [0.2, 0.25) is 0 Å². The summed E-state index contributed by atoms with van der Waals surface area (Å²) < 4.78 is 28.0. The topological polar surface area (TPSA) is 69.6 Å². The zero-order valence-corrected chi connectivity index (χ0v) is 9.35.